The summed E-state index contributed by atoms with van der Waals surface area (Å²) in [5.74, 6) is 0.559. The minimum absolute atomic E-state index is 0.559. The van der Waals surface area contributed by atoms with Crippen LogP contribution >= 0.6 is 15.9 Å². The maximum Gasteiger partial charge on any atom is 0.201 e. The van der Waals surface area contributed by atoms with Crippen molar-refractivity contribution in [2.24, 2.45) is 0 Å². The normalized spacial score (nSPS) is 11.1. The predicted molar refractivity (Wildman–Crippen MR) is 68.3 cm³/mol. The van der Waals surface area contributed by atoms with Gasteiger partial charge in [-0.25, -0.2) is 4.98 Å². The van der Waals surface area contributed by atoms with Crippen LogP contribution in [0.4, 0.5) is 5.95 Å². The molecule has 16 heavy (non-hydrogen) atoms. The molecule has 5 heteroatoms. The summed E-state index contributed by atoms with van der Waals surface area (Å²) in [4.78, 5) is 4.32. The molecule has 0 fully saturated rings. The van der Waals surface area contributed by atoms with Crippen LogP contribution in [0.3, 0.4) is 0 Å². The second-order valence-electron chi connectivity index (χ2n) is 3.60. The van der Waals surface area contributed by atoms with Crippen molar-refractivity contribution in [2.75, 3.05) is 19.5 Å². The van der Waals surface area contributed by atoms with E-state index in [1.165, 1.54) is 0 Å². The largest absolute Gasteiger partial charge is 0.385 e. The molecule has 2 rings (SSSR count). The maximum absolute atomic E-state index is 5.88. The third-order valence-corrected chi connectivity index (χ3v) is 2.96. The van der Waals surface area contributed by atoms with E-state index in [0.29, 0.717) is 5.95 Å². The zero-order chi connectivity index (χ0) is 11.5. The van der Waals surface area contributed by atoms with Gasteiger partial charge in [0, 0.05) is 24.7 Å². The van der Waals surface area contributed by atoms with Gasteiger partial charge in [-0.05, 0) is 24.6 Å². The molecule has 1 heterocycles. The molecule has 0 saturated heterocycles. The van der Waals surface area contributed by atoms with Gasteiger partial charge < -0.3 is 15.0 Å². The summed E-state index contributed by atoms with van der Waals surface area (Å²) in [5.41, 5.74) is 7.87. The molecule has 0 saturated carbocycles. The quantitative estimate of drug-likeness (QED) is 0.877. The number of nitrogen functional groups attached to an aromatic ring is 1. The Morgan fingerprint density at radius 2 is 2.31 bits per heavy atom. The van der Waals surface area contributed by atoms with Crippen LogP contribution < -0.4 is 5.73 Å². The van der Waals surface area contributed by atoms with E-state index in [1.807, 2.05) is 22.8 Å². The van der Waals surface area contributed by atoms with Gasteiger partial charge in [-0.15, -0.1) is 0 Å². The molecule has 2 aromatic rings. The van der Waals surface area contributed by atoms with Crippen molar-refractivity contribution in [2.45, 2.75) is 13.0 Å². The number of methoxy groups -OCH3 is 1. The van der Waals surface area contributed by atoms with Crippen LogP contribution in [0.2, 0.25) is 0 Å². The average Bonchev–Trinajstić information content (AvgIpc) is 2.55. The van der Waals surface area contributed by atoms with Crippen molar-refractivity contribution in [1.82, 2.24) is 9.55 Å². The molecule has 0 bridgehead atoms. The number of aryl methyl sites for hydroxylation is 1. The molecule has 0 atom stereocenters. The highest BCUT2D eigenvalue weighted by Gasteiger charge is 2.07. The Morgan fingerprint density at radius 3 is 3.06 bits per heavy atom. The smallest absolute Gasteiger partial charge is 0.201 e. The summed E-state index contributed by atoms with van der Waals surface area (Å²) in [5, 5.41) is 0. The first-order chi connectivity index (χ1) is 7.72. The molecule has 0 radical (unpaired) electrons. The first-order valence-electron chi connectivity index (χ1n) is 5.12. The highest BCUT2D eigenvalue weighted by Crippen LogP contribution is 2.22. The number of hydrogen-bond donors (Lipinski definition) is 1. The number of anilines is 1. The Morgan fingerprint density at radius 1 is 1.50 bits per heavy atom. The van der Waals surface area contributed by atoms with Crippen molar-refractivity contribution < 1.29 is 4.74 Å². The van der Waals surface area contributed by atoms with Crippen LogP contribution in [0, 0.1) is 0 Å². The Hall–Kier alpha value is -1.07. The summed E-state index contributed by atoms with van der Waals surface area (Å²) in [6.45, 7) is 1.56. The van der Waals surface area contributed by atoms with E-state index in [9.17, 15) is 0 Å². The Kier molecular flexibility index (Phi) is 3.46. The van der Waals surface area contributed by atoms with Crippen LogP contribution in [0.5, 0.6) is 0 Å². The summed E-state index contributed by atoms with van der Waals surface area (Å²) in [6, 6.07) is 5.99. The van der Waals surface area contributed by atoms with E-state index in [0.717, 1.165) is 35.1 Å². The van der Waals surface area contributed by atoms with Gasteiger partial charge in [-0.3, -0.25) is 0 Å². The second kappa shape index (κ2) is 4.84. The van der Waals surface area contributed by atoms with Gasteiger partial charge in [0.05, 0.1) is 11.0 Å². The Labute approximate surface area is 103 Å². The molecular formula is C11H14BrN3O. The van der Waals surface area contributed by atoms with Gasteiger partial charge >= 0.3 is 0 Å². The first kappa shape index (κ1) is 11.4. The topological polar surface area (TPSA) is 53.1 Å². The van der Waals surface area contributed by atoms with Gasteiger partial charge in [-0.2, -0.15) is 0 Å². The molecule has 0 aliphatic rings. The SMILES string of the molecule is COCCCn1c(N)nc2cc(Br)ccc21. The fourth-order valence-electron chi connectivity index (χ4n) is 1.72. The number of fused-ring (bicyclic) bond motifs is 1. The minimum Gasteiger partial charge on any atom is -0.385 e. The Balaban J connectivity index is 2.32. The number of ether oxygens (including phenoxy) is 1. The van der Waals surface area contributed by atoms with Crippen molar-refractivity contribution >= 4 is 32.9 Å². The lowest BCUT2D eigenvalue weighted by Crippen LogP contribution is -2.05. The van der Waals surface area contributed by atoms with Gasteiger partial charge in [0.15, 0.2) is 0 Å². The molecule has 86 valence electrons. The van der Waals surface area contributed by atoms with Crippen LogP contribution in [-0.4, -0.2) is 23.3 Å². The molecule has 0 aliphatic carbocycles. The van der Waals surface area contributed by atoms with Crippen LogP contribution in [0.1, 0.15) is 6.42 Å². The minimum atomic E-state index is 0.559. The van der Waals surface area contributed by atoms with E-state index in [4.69, 9.17) is 10.5 Å². The molecule has 0 aliphatic heterocycles. The van der Waals surface area contributed by atoms with Crippen molar-refractivity contribution in [3.8, 4) is 0 Å². The molecule has 0 unspecified atom stereocenters. The van der Waals surface area contributed by atoms with Crippen LogP contribution in [0.25, 0.3) is 11.0 Å². The van der Waals surface area contributed by atoms with Crippen molar-refractivity contribution in [3.05, 3.63) is 22.7 Å². The first-order valence-corrected chi connectivity index (χ1v) is 5.92. The van der Waals surface area contributed by atoms with Crippen LogP contribution in [0.15, 0.2) is 22.7 Å². The molecule has 1 aromatic heterocycles. The molecule has 2 N–H and O–H groups in total. The lowest BCUT2D eigenvalue weighted by molar-refractivity contribution is 0.191. The number of hydrogen-bond acceptors (Lipinski definition) is 3. The third-order valence-electron chi connectivity index (χ3n) is 2.47. The van der Waals surface area contributed by atoms with Crippen LogP contribution in [-0.2, 0) is 11.3 Å². The predicted octanol–water partition coefficient (Wildman–Crippen LogP) is 2.42. The summed E-state index contributed by atoms with van der Waals surface area (Å²) in [7, 11) is 1.70. The summed E-state index contributed by atoms with van der Waals surface area (Å²) in [6.07, 6.45) is 0.933. The fourth-order valence-corrected chi connectivity index (χ4v) is 2.07. The number of aromatic nitrogens is 2. The highest BCUT2D eigenvalue weighted by molar-refractivity contribution is 9.10. The summed E-state index contributed by atoms with van der Waals surface area (Å²) >= 11 is 3.42. The number of imidazole rings is 1. The average molecular weight is 284 g/mol. The number of benzene rings is 1. The van der Waals surface area contributed by atoms with Gasteiger partial charge in [0.1, 0.15) is 0 Å². The number of halogens is 1. The second-order valence-corrected chi connectivity index (χ2v) is 4.52. The van der Waals surface area contributed by atoms with Gasteiger partial charge in [0.25, 0.3) is 0 Å². The van der Waals surface area contributed by atoms with Gasteiger partial charge in [-0.1, -0.05) is 15.9 Å². The number of nitrogens with two attached hydrogens (primary N) is 1. The fraction of sp³-hybridized carbons (Fsp3) is 0.364. The molecule has 1 aromatic carbocycles. The number of nitrogens with zero attached hydrogens (tertiary/aromatic N) is 2. The van der Waals surface area contributed by atoms with E-state index in [1.54, 1.807) is 7.11 Å². The maximum atomic E-state index is 5.88. The van der Waals surface area contributed by atoms with Gasteiger partial charge in [0.2, 0.25) is 5.95 Å². The van der Waals surface area contributed by atoms with E-state index >= 15 is 0 Å². The van der Waals surface area contributed by atoms with Crippen molar-refractivity contribution in [3.63, 3.8) is 0 Å². The van der Waals surface area contributed by atoms with Crippen molar-refractivity contribution in [1.29, 1.82) is 0 Å². The zero-order valence-electron chi connectivity index (χ0n) is 9.11. The Bertz CT molecular complexity index is 495. The molecule has 0 spiro atoms. The van der Waals surface area contributed by atoms with E-state index < -0.39 is 0 Å². The third kappa shape index (κ3) is 2.20. The highest BCUT2D eigenvalue weighted by atomic mass is 79.9. The molecule has 4 nitrogen and oxygen atoms in total. The number of rotatable bonds is 4. The monoisotopic (exact) mass is 283 g/mol. The zero-order valence-corrected chi connectivity index (χ0v) is 10.7. The summed E-state index contributed by atoms with van der Waals surface area (Å²) < 4.78 is 8.06. The van der Waals surface area contributed by atoms with E-state index in [-0.39, 0.29) is 0 Å². The molecule has 0 amide bonds. The molecular weight excluding hydrogens is 270 g/mol. The standard InChI is InChI=1S/C11H14BrN3O/c1-16-6-2-5-15-10-4-3-8(12)7-9(10)14-11(15)13/h3-4,7H,2,5-6H2,1H3,(H2,13,14). The van der Waals surface area contributed by atoms with E-state index in [2.05, 4.69) is 20.9 Å². The lowest BCUT2D eigenvalue weighted by atomic mass is 10.3. The lowest BCUT2D eigenvalue weighted by Gasteiger charge is -2.05.